The Labute approximate surface area is 84.9 Å². The van der Waals surface area contributed by atoms with Gasteiger partial charge < -0.3 is 17.3 Å². The third-order valence-corrected chi connectivity index (χ3v) is 1.21. The van der Waals surface area contributed by atoms with Crippen LogP contribution in [0.3, 0.4) is 0 Å². The van der Waals surface area contributed by atoms with Crippen molar-refractivity contribution in [3.63, 3.8) is 0 Å². The summed E-state index contributed by atoms with van der Waals surface area (Å²) < 4.78 is 0. The Bertz CT molecular complexity index is 49.0. The maximum absolute atomic E-state index is 2.25. The van der Waals surface area contributed by atoms with Crippen molar-refractivity contribution < 1.29 is 17.3 Å². The molecule has 0 aromatic carbocycles. The van der Waals surface area contributed by atoms with Gasteiger partial charge in [-0.25, -0.2) is 0 Å². The van der Waals surface area contributed by atoms with Gasteiger partial charge in [0.05, 0.1) is 21.1 Å². The van der Waals surface area contributed by atoms with Gasteiger partial charge in [0.2, 0.25) is 0 Å². The van der Waals surface area contributed by atoms with E-state index in [1.165, 1.54) is 37.0 Å². The number of hydrogen-bond acceptors (Lipinski definition) is 0. The summed E-state index contributed by atoms with van der Waals surface area (Å²) in [5.41, 5.74) is 0. The molecule has 0 bridgehead atoms. The van der Waals surface area contributed by atoms with Gasteiger partial charge in [-0.15, -0.1) is 0 Å². The van der Waals surface area contributed by atoms with Gasteiger partial charge in [-0.1, -0.05) is 46.0 Å². The van der Waals surface area contributed by atoms with Crippen LogP contribution in [0.25, 0.3) is 0 Å². The number of halogens is 1. The predicted molar refractivity (Wildman–Crippen MR) is 53.2 cm³/mol. The van der Waals surface area contributed by atoms with Crippen LogP contribution in [-0.4, -0.2) is 21.1 Å². The van der Waals surface area contributed by atoms with Crippen molar-refractivity contribution in [2.75, 3.05) is 21.1 Å². The van der Waals surface area contributed by atoms with Crippen LogP contribution in [0.2, 0.25) is 0 Å². The smallest absolute Gasteiger partial charge is 0.0661 e. The van der Waals surface area contributed by atoms with Crippen LogP contribution in [0, 0.1) is 0 Å². The fourth-order valence-corrected chi connectivity index (χ4v) is 0.677. The number of rotatable bonds is 4. The first-order chi connectivity index (χ1) is 5.15. The Hall–Kier alpha value is 0.250. The Morgan fingerprint density at radius 2 is 1.00 bits per heavy atom. The maximum Gasteiger partial charge on any atom is 0.0661 e. The highest BCUT2D eigenvalue weighted by atomic mass is 35.5. The highest BCUT2D eigenvalue weighted by Gasteiger charge is 1.80. The van der Waals surface area contributed by atoms with E-state index < -0.39 is 0 Å². The summed E-state index contributed by atoms with van der Waals surface area (Å²) in [5.74, 6) is 0. The van der Waals surface area contributed by atoms with Crippen LogP contribution in [0.15, 0.2) is 0 Å². The number of hydrogen-bond donors (Lipinski definition) is 1. The lowest BCUT2D eigenvalue weighted by atomic mass is 10.2. The van der Waals surface area contributed by atoms with Crippen molar-refractivity contribution in [3.05, 3.63) is 0 Å². The molecule has 12 heavy (non-hydrogen) atoms. The van der Waals surface area contributed by atoms with E-state index in [1.807, 2.05) is 0 Å². The van der Waals surface area contributed by atoms with Crippen molar-refractivity contribution >= 4 is 0 Å². The van der Waals surface area contributed by atoms with Crippen LogP contribution in [0.5, 0.6) is 0 Å². The Kier molecular flexibility index (Phi) is 26.2. The summed E-state index contributed by atoms with van der Waals surface area (Å²) in [4.78, 5) is 1.42. The highest BCUT2D eigenvalue weighted by Crippen LogP contribution is 2.00. The molecular weight excluding hydrogens is 170 g/mol. The summed E-state index contributed by atoms with van der Waals surface area (Å²) >= 11 is 0. The van der Waals surface area contributed by atoms with Crippen molar-refractivity contribution in [2.24, 2.45) is 0 Å². The van der Waals surface area contributed by atoms with Crippen molar-refractivity contribution in [1.29, 1.82) is 0 Å². The molecule has 1 N–H and O–H groups in total. The van der Waals surface area contributed by atoms with Gasteiger partial charge >= 0.3 is 0 Å². The van der Waals surface area contributed by atoms with Gasteiger partial charge in [-0.3, -0.25) is 0 Å². The average Bonchev–Trinajstić information content (AvgIpc) is 1.88. The topological polar surface area (TPSA) is 4.44 Å². The molecule has 0 atom stereocenters. The Morgan fingerprint density at radius 1 is 0.750 bits per heavy atom. The first-order valence-electron chi connectivity index (χ1n) is 4.91. The molecule has 2 heteroatoms. The zero-order valence-electron chi connectivity index (χ0n) is 9.41. The minimum Gasteiger partial charge on any atom is -1.00 e. The first-order valence-corrected chi connectivity index (χ1v) is 4.91. The van der Waals surface area contributed by atoms with Crippen LogP contribution < -0.4 is 17.3 Å². The molecule has 0 fully saturated rings. The lowest BCUT2D eigenvalue weighted by Gasteiger charge is -1.90. The molecule has 0 aliphatic rings. The lowest BCUT2D eigenvalue weighted by molar-refractivity contribution is -0.836. The normalized spacial score (nSPS) is 8.50. The summed E-state index contributed by atoms with van der Waals surface area (Å²) in [6.45, 7) is 4.49. The summed E-state index contributed by atoms with van der Waals surface area (Å²) in [6.07, 6.45) is 7.01. The molecular formula is C10H26ClN. The molecule has 0 saturated heterocycles. The van der Waals surface area contributed by atoms with Crippen molar-refractivity contribution in [2.45, 2.75) is 46.0 Å². The van der Waals surface area contributed by atoms with E-state index in [4.69, 9.17) is 0 Å². The zero-order valence-corrected chi connectivity index (χ0v) is 10.2. The molecule has 0 aliphatic heterocycles. The van der Waals surface area contributed by atoms with Gasteiger partial charge in [0.25, 0.3) is 0 Å². The quantitative estimate of drug-likeness (QED) is 0.535. The molecule has 0 radical (unpaired) electrons. The molecule has 0 aromatic heterocycles. The van der Waals surface area contributed by atoms with E-state index >= 15 is 0 Å². The zero-order chi connectivity index (χ0) is 9.11. The molecule has 0 aromatic rings. The van der Waals surface area contributed by atoms with E-state index in [9.17, 15) is 0 Å². The standard InChI is InChI=1S/C7H16.C3H9N.ClH/c1-3-5-7-6-4-2;1-4(2)3;/h3-7H2,1-2H3;1-3H3;1H. The van der Waals surface area contributed by atoms with Crippen LogP contribution >= 0.6 is 0 Å². The van der Waals surface area contributed by atoms with Crippen LogP contribution in [0.1, 0.15) is 46.0 Å². The Morgan fingerprint density at radius 3 is 1.17 bits per heavy atom. The summed E-state index contributed by atoms with van der Waals surface area (Å²) in [5, 5.41) is 0. The van der Waals surface area contributed by atoms with Crippen LogP contribution in [-0.2, 0) is 0 Å². The second-order valence-corrected chi connectivity index (χ2v) is 3.56. The molecule has 0 amide bonds. The second kappa shape index (κ2) is 17.4. The number of quaternary nitrogens is 1. The van der Waals surface area contributed by atoms with Gasteiger partial charge in [0.15, 0.2) is 0 Å². The fraction of sp³-hybridized carbons (Fsp3) is 1.00. The largest absolute Gasteiger partial charge is 1.00 e. The number of nitrogens with one attached hydrogen (secondary N) is 1. The second-order valence-electron chi connectivity index (χ2n) is 3.56. The predicted octanol–water partition coefficient (Wildman–Crippen LogP) is -1.26. The average molecular weight is 196 g/mol. The lowest BCUT2D eigenvalue weighted by Crippen LogP contribution is -3.02. The molecule has 78 valence electrons. The van der Waals surface area contributed by atoms with Gasteiger partial charge in [-0.2, -0.15) is 0 Å². The molecule has 0 unspecified atom stereocenters. The minimum absolute atomic E-state index is 0. The first kappa shape index (κ1) is 18.1. The van der Waals surface area contributed by atoms with E-state index in [0.717, 1.165) is 0 Å². The van der Waals surface area contributed by atoms with Crippen LogP contribution in [0.4, 0.5) is 0 Å². The number of unbranched alkanes of at least 4 members (excludes halogenated alkanes) is 4. The molecule has 1 nitrogen and oxygen atoms in total. The van der Waals surface area contributed by atoms with Crippen molar-refractivity contribution in [3.8, 4) is 0 Å². The molecule has 0 saturated carbocycles. The fourth-order valence-electron chi connectivity index (χ4n) is 0.677. The van der Waals surface area contributed by atoms with E-state index in [-0.39, 0.29) is 12.4 Å². The maximum atomic E-state index is 2.25. The Balaban J connectivity index is -0.000000142. The van der Waals surface area contributed by atoms with E-state index in [0.29, 0.717) is 0 Å². The molecule has 0 heterocycles. The monoisotopic (exact) mass is 195 g/mol. The van der Waals surface area contributed by atoms with E-state index in [2.05, 4.69) is 35.0 Å². The third kappa shape index (κ3) is 48.6. The highest BCUT2D eigenvalue weighted by molar-refractivity contribution is 4.35. The summed E-state index contributed by atoms with van der Waals surface area (Å²) in [6, 6.07) is 0. The minimum atomic E-state index is 0. The molecule has 0 spiro atoms. The van der Waals surface area contributed by atoms with Gasteiger partial charge in [0, 0.05) is 0 Å². The third-order valence-electron chi connectivity index (χ3n) is 1.21. The van der Waals surface area contributed by atoms with Gasteiger partial charge in [0.1, 0.15) is 0 Å². The molecule has 0 rings (SSSR count). The van der Waals surface area contributed by atoms with Gasteiger partial charge in [-0.05, 0) is 0 Å². The van der Waals surface area contributed by atoms with E-state index in [1.54, 1.807) is 0 Å². The molecule has 0 aliphatic carbocycles. The summed E-state index contributed by atoms with van der Waals surface area (Å²) in [7, 11) is 6.25. The SMILES string of the molecule is CCCCCCC.C[NH+](C)C.[Cl-]. The van der Waals surface area contributed by atoms with Crippen molar-refractivity contribution in [1.82, 2.24) is 0 Å².